The fraction of sp³-hybridized carbons (Fsp3) is 0.933. The van der Waals surface area contributed by atoms with Gasteiger partial charge in [-0.2, -0.15) is 0 Å². The number of hydrogen-bond donors (Lipinski definition) is 1. The first-order valence-electron chi connectivity index (χ1n) is 7.79. The minimum Gasteiger partial charge on any atom is -0.393 e. The number of aliphatic hydroxyl groups excluding tert-OH is 1. The molecule has 110 valence electrons. The maximum atomic E-state index is 12.5. The molecule has 1 N–H and O–H groups in total. The topological polar surface area (TPSA) is 43.8 Å². The molecule has 1 saturated carbocycles. The molecule has 0 unspecified atom stereocenters. The van der Waals surface area contributed by atoms with Crippen molar-refractivity contribution in [2.24, 2.45) is 0 Å². The smallest absolute Gasteiger partial charge is 0.237 e. The molecule has 1 amide bonds. The van der Waals surface area contributed by atoms with Gasteiger partial charge in [-0.05, 0) is 39.5 Å². The first-order chi connectivity index (χ1) is 9.08. The summed E-state index contributed by atoms with van der Waals surface area (Å²) in [4.78, 5) is 16.8. The zero-order chi connectivity index (χ0) is 13.8. The number of carbonyl (C=O) groups excluding carboxylic acids is 1. The molecule has 0 bridgehead atoms. The molecule has 1 aliphatic carbocycles. The van der Waals surface area contributed by atoms with E-state index in [4.69, 9.17) is 0 Å². The van der Waals surface area contributed by atoms with E-state index in [0.717, 1.165) is 25.9 Å². The second kappa shape index (κ2) is 6.71. The SMILES string of the molecule is CC(C)N(C(=O)CN1CCC(O)CC1)C1CCCC1. The van der Waals surface area contributed by atoms with E-state index in [9.17, 15) is 9.90 Å². The number of likely N-dealkylation sites (tertiary alicyclic amines) is 1. The van der Waals surface area contributed by atoms with Crippen molar-refractivity contribution in [3.63, 3.8) is 0 Å². The van der Waals surface area contributed by atoms with Crippen LogP contribution < -0.4 is 0 Å². The van der Waals surface area contributed by atoms with Crippen molar-refractivity contribution in [2.45, 2.75) is 70.6 Å². The summed E-state index contributed by atoms with van der Waals surface area (Å²) in [6.07, 6.45) is 6.30. The molecule has 0 radical (unpaired) electrons. The number of hydrogen-bond acceptors (Lipinski definition) is 3. The van der Waals surface area contributed by atoms with E-state index < -0.39 is 0 Å². The van der Waals surface area contributed by atoms with E-state index in [0.29, 0.717) is 18.6 Å². The fourth-order valence-electron chi connectivity index (χ4n) is 3.45. The predicted molar refractivity (Wildman–Crippen MR) is 75.9 cm³/mol. The van der Waals surface area contributed by atoms with Gasteiger partial charge in [0.15, 0.2) is 0 Å². The van der Waals surface area contributed by atoms with Crippen molar-refractivity contribution < 1.29 is 9.90 Å². The maximum absolute atomic E-state index is 12.5. The van der Waals surface area contributed by atoms with Gasteiger partial charge in [-0.15, -0.1) is 0 Å². The van der Waals surface area contributed by atoms with Crippen LogP contribution in [0.1, 0.15) is 52.4 Å². The molecule has 1 saturated heterocycles. The van der Waals surface area contributed by atoms with Gasteiger partial charge in [-0.25, -0.2) is 0 Å². The van der Waals surface area contributed by atoms with Gasteiger partial charge >= 0.3 is 0 Å². The number of aliphatic hydroxyl groups is 1. The first-order valence-corrected chi connectivity index (χ1v) is 7.79. The van der Waals surface area contributed by atoms with Gasteiger partial charge in [-0.1, -0.05) is 12.8 Å². The molecular formula is C15H28N2O2. The molecule has 4 heteroatoms. The predicted octanol–water partition coefficient (Wildman–Crippen LogP) is 1.62. The van der Waals surface area contributed by atoms with Crippen molar-refractivity contribution >= 4 is 5.91 Å². The Hall–Kier alpha value is -0.610. The van der Waals surface area contributed by atoms with Crippen molar-refractivity contribution in [3.05, 3.63) is 0 Å². The molecule has 0 spiro atoms. The van der Waals surface area contributed by atoms with Gasteiger partial charge in [0.1, 0.15) is 0 Å². The van der Waals surface area contributed by atoms with E-state index >= 15 is 0 Å². The highest BCUT2D eigenvalue weighted by molar-refractivity contribution is 5.79. The summed E-state index contributed by atoms with van der Waals surface area (Å²) in [5.41, 5.74) is 0. The molecule has 1 heterocycles. The maximum Gasteiger partial charge on any atom is 0.237 e. The minimum atomic E-state index is -0.164. The van der Waals surface area contributed by atoms with Crippen LogP contribution in [-0.2, 0) is 4.79 Å². The Bertz CT molecular complexity index is 293. The van der Waals surface area contributed by atoms with Crippen LogP contribution in [0.3, 0.4) is 0 Å². The van der Waals surface area contributed by atoms with E-state index in [2.05, 4.69) is 23.6 Å². The third-order valence-electron chi connectivity index (χ3n) is 4.48. The van der Waals surface area contributed by atoms with Crippen molar-refractivity contribution in [2.75, 3.05) is 19.6 Å². The second-order valence-corrected chi connectivity index (χ2v) is 6.34. The number of carbonyl (C=O) groups is 1. The Morgan fingerprint density at radius 1 is 1.21 bits per heavy atom. The Balaban J connectivity index is 1.88. The average Bonchev–Trinajstić information content (AvgIpc) is 2.85. The molecule has 4 nitrogen and oxygen atoms in total. The normalized spacial score (nSPS) is 23.2. The highest BCUT2D eigenvalue weighted by Crippen LogP contribution is 2.25. The van der Waals surface area contributed by atoms with Crippen LogP contribution in [0.15, 0.2) is 0 Å². The zero-order valence-electron chi connectivity index (χ0n) is 12.3. The van der Waals surface area contributed by atoms with Gasteiger partial charge in [0.2, 0.25) is 5.91 Å². The van der Waals surface area contributed by atoms with Crippen LogP contribution >= 0.6 is 0 Å². The summed E-state index contributed by atoms with van der Waals surface area (Å²) in [6.45, 7) is 6.47. The van der Waals surface area contributed by atoms with Crippen LogP contribution in [0, 0.1) is 0 Å². The monoisotopic (exact) mass is 268 g/mol. The number of piperidine rings is 1. The molecular weight excluding hydrogens is 240 g/mol. The molecule has 0 aromatic rings. The molecule has 1 aliphatic heterocycles. The van der Waals surface area contributed by atoms with Gasteiger partial charge in [0.25, 0.3) is 0 Å². The third kappa shape index (κ3) is 3.93. The van der Waals surface area contributed by atoms with Gasteiger partial charge in [0, 0.05) is 25.2 Å². The first kappa shape index (κ1) is 14.8. The largest absolute Gasteiger partial charge is 0.393 e. The number of nitrogens with zero attached hydrogens (tertiary/aromatic N) is 2. The van der Waals surface area contributed by atoms with Crippen LogP contribution in [0.25, 0.3) is 0 Å². The zero-order valence-corrected chi connectivity index (χ0v) is 12.3. The Morgan fingerprint density at radius 2 is 1.79 bits per heavy atom. The summed E-state index contributed by atoms with van der Waals surface area (Å²) in [5.74, 6) is 0.276. The Labute approximate surface area is 116 Å². The summed E-state index contributed by atoms with van der Waals surface area (Å²) < 4.78 is 0. The molecule has 2 fully saturated rings. The lowest BCUT2D eigenvalue weighted by Gasteiger charge is -2.36. The minimum absolute atomic E-state index is 0.164. The molecule has 2 rings (SSSR count). The molecule has 0 aromatic heterocycles. The fourth-order valence-corrected chi connectivity index (χ4v) is 3.45. The standard InChI is InChI=1S/C15H28N2O2/c1-12(2)17(13-5-3-4-6-13)15(19)11-16-9-7-14(18)8-10-16/h12-14,18H,3-11H2,1-2H3. The highest BCUT2D eigenvalue weighted by atomic mass is 16.3. The number of rotatable bonds is 4. The van der Waals surface area contributed by atoms with Crippen molar-refractivity contribution in [1.29, 1.82) is 0 Å². The van der Waals surface area contributed by atoms with Crippen molar-refractivity contribution in [1.82, 2.24) is 9.80 Å². The van der Waals surface area contributed by atoms with Gasteiger partial charge in [-0.3, -0.25) is 9.69 Å². The molecule has 2 aliphatic rings. The van der Waals surface area contributed by atoms with Gasteiger partial charge in [0.05, 0.1) is 12.6 Å². The third-order valence-corrected chi connectivity index (χ3v) is 4.48. The van der Waals surface area contributed by atoms with E-state index in [-0.39, 0.29) is 12.0 Å². The number of amides is 1. The van der Waals surface area contributed by atoms with Crippen molar-refractivity contribution in [3.8, 4) is 0 Å². The van der Waals surface area contributed by atoms with Gasteiger partial charge < -0.3 is 10.0 Å². The summed E-state index contributed by atoms with van der Waals surface area (Å²) in [7, 11) is 0. The lowest BCUT2D eigenvalue weighted by Crippen LogP contribution is -2.49. The Morgan fingerprint density at radius 3 is 2.32 bits per heavy atom. The van der Waals surface area contributed by atoms with Crippen LogP contribution in [-0.4, -0.2) is 58.6 Å². The summed E-state index contributed by atoms with van der Waals surface area (Å²) in [5, 5.41) is 9.51. The average molecular weight is 268 g/mol. The Kier molecular flexibility index (Phi) is 5.22. The van der Waals surface area contributed by atoms with Crippen LogP contribution in [0.5, 0.6) is 0 Å². The van der Waals surface area contributed by atoms with Crippen LogP contribution in [0.4, 0.5) is 0 Å². The highest BCUT2D eigenvalue weighted by Gasteiger charge is 2.30. The second-order valence-electron chi connectivity index (χ2n) is 6.34. The van der Waals surface area contributed by atoms with Crippen LogP contribution in [0.2, 0.25) is 0 Å². The quantitative estimate of drug-likeness (QED) is 0.842. The lowest BCUT2D eigenvalue weighted by atomic mass is 10.1. The lowest BCUT2D eigenvalue weighted by molar-refractivity contribution is -0.137. The van der Waals surface area contributed by atoms with E-state index in [1.54, 1.807) is 0 Å². The molecule has 0 aromatic carbocycles. The van der Waals surface area contributed by atoms with E-state index in [1.165, 1.54) is 25.7 Å². The molecule has 19 heavy (non-hydrogen) atoms. The summed E-state index contributed by atoms with van der Waals surface area (Å²) >= 11 is 0. The summed E-state index contributed by atoms with van der Waals surface area (Å²) in [6, 6.07) is 0.758. The van der Waals surface area contributed by atoms with E-state index in [1.807, 2.05) is 0 Å². The molecule has 0 atom stereocenters.